The van der Waals surface area contributed by atoms with E-state index in [1.165, 1.54) is 0 Å². The third-order valence-electron chi connectivity index (χ3n) is 3.94. The summed E-state index contributed by atoms with van der Waals surface area (Å²) in [5.41, 5.74) is 8.71. The first-order valence-corrected chi connectivity index (χ1v) is 11.0. The molecule has 26 heavy (non-hydrogen) atoms. The number of anilines is 2. The van der Waals surface area contributed by atoms with Crippen molar-refractivity contribution in [3.63, 3.8) is 0 Å². The van der Waals surface area contributed by atoms with Crippen LogP contribution in [0.2, 0.25) is 0 Å². The molecule has 1 unspecified atom stereocenters. The highest BCUT2D eigenvalue weighted by atomic mass is 127. The van der Waals surface area contributed by atoms with Crippen molar-refractivity contribution in [2.45, 2.75) is 19.8 Å². The van der Waals surface area contributed by atoms with E-state index in [9.17, 15) is 14.7 Å². The largest absolute Gasteiger partial charge is 0.481 e. The molecule has 2 aromatic carbocycles. The van der Waals surface area contributed by atoms with Crippen LogP contribution in [0.4, 0.5) is 11.4 Å². The minimum absolute atomic E-state index is 0.232. The molecule has 1 amide bonds. The molecule has 0 saturated heterocycles. The highest BCUT2D eigenvalue weighted by Gasteiger charge is 2.19. The van der Waals surface area contributed by atoms with Gasteiger partial charge in [-0.1, -0.05) is 19.1 Å². The summed E-state index contributed by atoms with van der Waals surface area (Å²) in [5.74, 6) is -1.47. The van der Waals surface area contributed by atoms with Crippen LogP contribution in [0.5, 0.6) is 0 Å². The normalized spacial score (nSPS) is 11.8. The maximum absolute atomic E-state index is 12.7. The summed E-state index contributed by atoms with van der Waals surface area (Å²) in [6.07, 6.45) is 0.991. The van der Waals surface area contributed by atoms with Crippen LogP contribution in [-0.4, -0.2) is 17.0 Å². The Labute approximate surface area is 192 Å². The molecule has 0 spiro atoms. The Kier molecular flexibility index (Phi) is 7.94. The minimum Gasteiger partial charge on any atom is -0.481 e. The first-order valence-electron chi connectivity index (χ1n) is 7.80. The number of carbonyl (C=O) groups is 2. The lowest BCUT2D eigenvalue weighted by atomic mass is 9.97. The number of nitrogens with two attached hydrogens (primary N) is 1. The fourth-order valence-electron chi connectivity index (χ4n) is 2.47. The first-order chi connectivity index (χ1) is 12.2. The second-order valence-electron chi connectivity index (χ2n) is 5.74. The molecule has 0 bridgehead atoms. The SMILES string of the molecule is CCC(Cc1cccc(NC(=O)c2c(I)cc(I)c(N)c2I)c1)C(=O)O. The number of aliphatic carboxylic acids is 1. The van der Waals surface area contributed by atoms with Crippen LogP contribution in [-0.2, 0) is 11.2 Å². The van der Waals surface area contributed by atoms with Crippen molar-refractivity contribution in [3.8, 4) is 0 Å². The molecule has 0 radical (unpaired) electrons. The molecule has 0 aliphatic rings. The Morgan fingerprint density at radius 1 is 1.19 bits per heavy atom. The molecule has 4 N–H and O–H groups in total. The van der Waals surface area contributed by atoms with Crippen LogP contribution in [0.25, 0.3) is 0 Å². The van der Waals surface area contributed by atoms with E-state index in [0.717, 1.165) is 16.3 Å². The third-order valence-corrected chi connectivity index (χ3v) is 6.81. The first kappa shape index (κ1) is 21.7. The Bertz CT molecular complexity index is 856. The van der Waals surface area contributed by atoms with Crippen molar-refractivity contribution in [2.75, 3.05) is 11.1 Å². The molecule has 138 valence electrons. The predicted octanol–water partition coefficient (Wildman–Crippen LogP) is 4.99. The van der Waals surface area contributed by atoms with E-state index in [2.05, 4.69) is 73.1 Å². The standard InChI is InChI=1S/C18H17I3N2O3/c1-2-10(18(25)26)6-9-4-3-5-11(7-9)23-17(24)14-12(19)8-13(20)16(22)15(14)21/h3-5,7-8,10H,2,6,22H2,1H3,(H,23,24)(H,25,26). The number of nitrogens with one attached hydrogen (secondary N) is 1. The number of rotatable bonds is 6. The van der Waals surface area contributed by atoms with E-state index < -0.39 is 11.9 Å². The number of carbonyl (C=O) groups excluding carboxylic acids is 1. The predicted molar refractivity (Wildman–Crippen MR) is 129 cm³/mol. The van der Waals surface area contributed by atoms with Gasteiger partial charge in [-0.05, 0) is 104 Å². The van der Waals surface area contributed by atoms with Gasteiger partial charge in [0.25, 0.3) is 5.91 Å². The summed E-state index contributed by atoms with van der Waals surface area (Å²) in [6, 6.07) is 9.18. The van der Waals surface area contributed by atoms with E-state index in [0.29, 0.717) is 29.8 Å². The molecule has 0 saturated carbocycles. The highest BCUT2D eigenvalue weighted by molar-refractivity contribution is 14.1. The highest BCUT2D eigenvalue weighted by Crippen LogP contribution is 2.30. The molecule has 8 heteroatoms. The van der Waals surface area contributed by atoms with Crippen molar-refractivity contribution in [2.24, 2.45) is 5.92 Å². The third kappa shape index (κ3) is 5.21. The zero-order valence-electron chi connectivity index (χ0n) is 13.9. The lowest BCUT2D eigenvalue weighted by Gasteiger charge is -2.14. The number of carboxylic acid groups (broad SMARTS) is 1. The molecule has 0 heterocycles. The Morgan fingerprint density at radius 2 is 1.88 bits per heavy atom. The molecule has 5 nitrogen and oxygen atoms in total. The summed E-state index contributed by atoms with van der Waals surface area (Å²) >= 11 is 6.37. The molecule has 1 atom stereocenters. The zero-order valence-corrected chi connectivity index (χ0v) is 20.3. The zero-order chi connectivity index (χ0) is 19.4. The van der Waals surface area contributed by atoms with Crippen molar-refractivity contribution >= 4 is 91.0 Å². The maximum Gasteiger partial charge on any atom is 0.306 e. The van der Waals surface area contributed by atoms with Gasteiger partial charge < -0.3 is 16.2 Å². The number of hydrogen-bond acceptors (Lipinski definition) is 3. The summed E-state index contributed by atoms with van der Waals surface area (Å²) in [6.45, 7) is 1.86. The number of hydrogen-bond donors (Lipinski definition) is 3. The molecular weight excluding hydrogens is 673 g/mol. The van der Waals surface area contributed by atoms with E-state index in [1.807, 2.05) is 31.2 Å². The number of nitrogen functional groups attached to an aromatic ring is 1. The van der Waals surface area contributed by atoms with Gasteiger partial charge in [0.05, 0.1) is 20.7 Å². The van der Waals surface area contributed by atoms with Crippen LogP contribution < -0.4 is 11.1 Å². The minimum atomic E-state index is -0.805. The van der Waals surface area contributed by atoms with Crippen LogP contribution >= 0.6 is 67.8 Å². The topological polar surface area (TPSA) is 92.4 Å². The lowest BCUT2D eigenvalue weighted by molar-refractivity contribution is -0.141. The Morgan fingerprint density at radius 3 is 2.50 bits per heavy atom. The Hall–Kier alpha value is -0.630. The fraction of sp³-hybridized carbons (Fsp3) is 0.222. The second-order valence-corrected chi connectivity index (χ2v) is 9.15. The Balaban J connectivity index is 2.24. The van der Waals surface area contributed by atoms with E-state index in [1.54, 1.807) is 6.07 Å². The van der Waals surface area contributed by atoms with Crippen molar-refractivity contribution < 1.29 is 14.7 Å². The smallest absolute Gasteiger partial charge is 0.306 e. The van der Waals surface area contributed by atoms with Gasteiger partial charge in [-0.3, -0.25) is 9.59 Å². The van der Waals surface area contributed by atoms with Gasteiger partial charge in [-0.15, -0.1) is 0 Å². The molecular formula is C18H17I3N2O3. The van der Waals surface area contributed by atoms with Gasteiger partial charge in [0.15, 0.2) is 0 Å². The fourth-order valence-corrected chi connectivity index (χ4v) is 6.34. The van der Waals surface area contributed by atoms with Gasteiger partial charge >= 0.3 is 5.97 Å². The van der Waals surface area contributed by atoms with E-state index in [-0.39, 0.29) is 5.91 Å². The van der Waals surface area contributed by atoms with Crippen molar-refractivity contribution in [1.82, 2.24) is 0 Å². The molecule has 0 aliphatic heterocycles. The van der Waals surface area contributed by atoms with Crippen LogP contribution in [0.1, 0.15) is 29.3 Å². The van der Waals surface area contributed by atoms with Crippen molar-refractivity contribution in [1.29, 1.82) is 0 Å². The van der Waals surface area contributed by atoms with Crippen LogP contribution in [0.15, 0.2) is 30.3 Å². The molecule has 0 aromatic heterocycles. The second kappa shape index (κ2) is 9.53. The number of amides is 1. The average Bonchev–Trinajstić information content (AvgIpc) is 2.57. The molecule has 0 fully saturated rings. The number of benzene rings is 2. The lowest BCUT2D eigenvalue weighted by Crippen LogP contribution is -2.17. The van der Waals surface area contributed by atoms with Gasteiger partial charge in [-0.2, -0.15) is 0 Å². The van der Waals surface area contributed by atoms with Gasteiger partial charge in [-0.25, -0.2) is 0 Å². The quantitative estimate of drug-likeness (QED) is 0.295. The molecule has 2 aromatic rings. The average molecular weight is 690 g/mol. The molecule has 0 aliphatic carbocycles. The van der Waals surface area contributed by atoms with E-state index in [4.69, 9.17) is 5.73 Å². The monoisotopic (exact) mass is 690 g/mol. The van der Waals surface area contributed by atoms with Gasteiger partial charge in [0, 0.05) is 12.8 Å². The summed E-state index contributed by atoms with van der Waals surface area (Å²) in [5, 5.41) is 12.1. The van der Waals surface area contributed by atoms with Crippen LogP contribution in [0, 0.1) is 16.6 Å². The molecule has 2 rings (SSSR count). The summed E-state index contributed by atoms with van der Waals surface area (Å²) in [4.78, 5) is 24.0. The number of carboxylic acids is 1. The van der Waals surface area contributed by atoms with Gasteiger partial charge in [0.1, 0.15) is 0 Å². The maximum atomic E-state index is 12.7. The van der Waals surface area contributed by atoms with Crippen molar-refractivity contribution in [3.05, 3.63) is 52.2 Å². The van der Waals surface area contributed by atoms with Gasteiger partial charge in [0.2, 0.25) is 0 Å². The summed E-state index contributed by atoms with van der Waals surface area (Å²) < 4.78 is 2.47. The summed E-state index contributed by atoms with van der Waals surface area (Å²) in [7, 11) is 0. The number of halogens is 3. The van der Waals surface area contributed by atoms with Crippen LogP contribution in [0.3, 0.4) is 0 Å². The van der Waals surface area contributed by atoms with E-state index >= 15 is 0 Å².